The Hall–Kier alpha value is -4.96. The highest BCUT2D eigenvalue weighted by Crippen LogP contribution is 2.22. The van der Waals surface area contributed by atoms with Crippen molar-refractivity contribution >= 4 is 23.1 Å². The van der Waals surface area contributed by atoms with Gasteiger partial charge in [0.15, 0.2) is 5.78 Å². The van der Waals surface area contributed by atoms with Crippen LogP contribution in [0.5, 0.6) is 0 Å². The fraction of sp³-hybridized carbons (Fsp3) is 0.273. The van der Waals surface area contributed by atoms with Gasteiger partial charge in [-0.3, -0.25) is 9.59 Å². The monoisotopic (exact) mass is 638 g/mol. The summed E-state index contributed by atoms with van der Waals surface area (Å²) in [7, 11) is 0. The smallest absolute Gasteiger partial charge is 0.255 e. The summed E-state index contributed by atoms with van der Waals surface area (Å²) in [5, 5.41) is 6.42. The predicted molar refractivity (Wildman–Crippen MR) is 202 cm³/mol. The van der Waals surface area contributed by atoms with E-state index in [4.69, 9.17) is 0 Å². The summed E-state index contributed by atoms with van der Waals surface area (Å²) >= 11 is 0. The highest BCUT2D eigenvalue weighted by atomic mass is 16.1. The third-order valence-electron chi connectivity index (χ3n) is 8.54. The first-order chi connectivity index (χ1) is 23.4. The van der Waals surface area contributed by atoms with Crippen LogP contribution in [0, 0.1) is 13.8 Å². The quantitative estimate of drug-likeness (QED) is 0.119. The molecule has 0 unspecified atom stereocenters. The fourth-order valence-corrected chi connectivity index (χ4v) is 5.64. The maximum absolute atomic E-state index is 12.6. The van der Waals surface area contributed by atoms with E-state index in [-0.39, 0.29) is 11.7 Å². The van der Waals surface area contributed by atoms with Gasteiger partial charge in [-0.15, -0.1) is 0 Å². The Balaban J connectivity index is 0.000000218. The van der Waals surface area contributed by atoms with Crippen molar-refractivity contribution in [3.05, 3.63) is 166 Å². The standard InChI is InChI=1S/C23H23NO.C21H27NO/c1-17-8-6-7-11-21(17)23(25)24-22-16-20(13-12-18(22)2)15-14-19-9-4-3-5-10-19;1-3-5-11-21(23)19-15-14-18(16-20(19)22-4-2)13-12-17-9-7-6-8-10-17/h3-13,16H,14-15H2,1-2H3,(H,24,25);6-10,14-16,22H,3-5,11-13H2,1-2H3. The maximum Gasteiger partial charge on any atom is 0.255 e. The van der Waals surface area contributed by atoms with Gasteiger partial charge in [-0.1, -0.05) is 110 Å². The average molecular weight is 639 g/mol. The highest BCUT2D eigenvalue weighted by Gasteiger charge is 2.12. The van der Waals surface area contributed by atoms with Gasteiger partial charge in [0, 0.05) is 35.5 Å². The number of carbonyl (C=O) groups is 2. The molecule has 0 aliphatic rings. The normalized spacial score (nSPS) is 10.5. The molecule has 0 saturated heterocycles. The van der Waals surface area contributed by atoms with E-state index in [1.165, 1.54) is 22.3 Å². The Morgan fingerprint density at radius 1 is 0.542 bits per heavy atom. The molecule has 48 heavy (non-hydrogen) atoms. The van der Waals surface area contributed by atoms with E-state index in [1.54, 1.807) is 0 Å². The number of hydrogen-bond donors (Lipinski definition) is 2. The second kappa shape index (κ2) is 19.0. The molecule has 4 nitrogen and oxygen atoms in total. The molecule has 0 saturated carbocycles. The van der Waals surface area contributed by atoms with Crippen LogP contribution >= 0.6 is 0 Å². The SMILES string of the molecule is CCCCC(=O)c1ccc(CCc2ccccc2)cc1NCC.Cc1ccc(CCc2ccccc2)cc1NC(=O)c1ccccc1C. The summed E-state index contributed by atoms with van der Waals surface area (Å²) in [6, 6.07) is 41.2. The first kappa shape index (κ1) is 35.9. The molecule has 0 aliphatic heterocycles. The number of nitrogens with one attached hydrogen (secondary N) is 2. The molecule has 5 aromatic rings. The number of anilines is 2. The van der Waals surface area contributed by atoms with Crippen LogP contribution in [0.25, 0.3) is 0 Å². The lowest BCUT2D eigenvalue weighted by molar-refractivity contribution is 0.0979. The first-order valence-corrected chi connectivity index (χ1v) is 17.3. The Morgan fingerprint density at radius 3 is 1.67 bits per heavy atom. The topological polar surface area (TPSA) is 58.2 Å². The van der Waals surface area contributed by atoms with E-state index in [0.29, 0.717) is 6.42 Å². The molecule has 248 valence electrons. The van der Waals surface area contributed by atoms with E-state index >= 15 is 0 Å². The van der Waals surface area contributed by atoms with E-state index < -0.39 is 0 Å². The van der Waals surface area contributed by atoms with Crippen molar-refractivity contribution in [2.75, 3.05) is 17.2 Å². The molecule has 0 bridgehead atoms. The lowest BCUT2D eigenvalue weighted by Gasteiger charge is -2.12. The number of Topliss-reactive ketones (excluding diaryl/α,β-unsaturated/α-hetero) is 1. The highest BCUT2D eigenvalue weighted by molar-refractivity contribution is 6.05. The minimum Gasteiger partial charge on any atom is -0.385 e. The molecule has 5 aromatic carbocycles. The average Bonchev–Trinajstić information content (AvgIpc) is 3.11. The third-order valence-corrected chi connectivity index (χ3v) is 8.54. The molecular formula is C44H50N2O2. The van der Waals surface area contributed by atoms with Crippen molar-refractivity contribution < 1.29 is 9.59 Å². The Kier molecular flexibility index (Phi) is 14.2. The van der Waals surface area contributed by atoms with Crippen molar-refractivity contribution in [1.82, 2.24) is 0 Å². The Morgan fingerprint density at radius 2 is 1.08 bits per heavy atom. The predicted octanol–water partition coefficient (Wildman–Crippen LogP) is 10.6. The molecule has 0 radical (unpaired) electrons. The number of hydrogen-bond acceptors (Lipinski definition) is 3. The van der Waals surface area contributed by atoms with Gasteiger partial charge in [-0.05, 0) is 111 Å². The van der Waals surface area contributed by atoms with Crippen molar-refractivity contribution in [2.45, 2.75) is 72.6 Å². The van der Waals surface area contributed by atoms with Gasteiger partial charge >= 0.3 is 0 Å². The van der Waals surface area contributed by atoms with Crippen LogP contribution in [-0.2, 0) is 25.7 Å². The summed E-state index contributed by atoms with van der Waals surface area (Å²) in [5.41, 5.74) is 10.7. The van der Waals surface area contributed by atoms with E-state index in [2.05, 4.69) is 103 Å². The largest absolute Gasteiger partial charge is 0.385 e. The van der Waals surface area contributed by atoms with Gasteiger partial charge in [0.1, 0.15) is 0 Å². The first-order valence-electron chi connectivity index (χ1n) is 17.3. The molecule has 0 aliphatic carbocycles. The van der Waals surface area contributed by atoms with Crippen LogP contribution in [0.1, 0.15) is 87.2 Å². The van der Waals surface area contributed by atoms with Crippen LogP contribution in [0.4, 0.5) is 11.4 Å². The van der Waals surface area contributed by atoms with Gasteiger partial charge < -0.3 is 10.6 Å². The molecule has 2 N–H and O–H groups in total. The van der Waals surface area contributed by atoms with Crippen LogP contribution < -0.4 is 10.6 Å². The Labute approximate surface area is 287 Å². The van der Waals surface area contributed by atoms with E-state index in [9.17, 15) is 9.59 Å². The van der Waals surface area contributed by atoms with Crippen LogP contribution in [-0.4, -0.2) is 18.2 Å². The zero-order valence-corrected chi connectivity index (χ0v) is 29.0. The molecule has 0 spiro atoms. The Bertz CT molecular complexity index is 1750. The number of rotatable bonds is 14. The van der Waals surface area contributed by atoms with Gasteiger partial charge in [0.2, 0.25) is 0 Å². The minimum absolute atomic E-state index is 0.0543. The molecule has 5 rings (SSSR count). The number of carbonyl (C=O) groups excluding carboxylic acids is 2. The second-order valence-corrected chi connectivity index (χ2v) is 12.3. The number of aryl methyl sites for hydroxylation is 6. The number of ketones is 1. The van der Waals surface area contributed by atoms with Crippen molar-refractivity contribution in [1.29, 1.82) is 0 Å². The summed E-state index contributed by atoms with van der Waals surface area (Å²) in [6.45, 7) is 8.99. The van der Waals surface area contributed by atoms with Crippen molar-refractivity contribution in [2.24, 2.45) is 0 Å². The molecular weight excluding hydrogens is 588 g/mol. The zero-order chi connectivity index (χ0) is 34.1. The number of amides is 1. The van der Waals surface area contributed by atoms with Crippen molar-refractivity contribution in [3.63, 3.8) is 0 Å². The summed E-state index contributed by atoms with van der Waals surface area (Å²) in [4.78, 5) is 24.9. The summed E-state index contributed by atoms with van der Waals surface area (Å²) < 4.78 is 0. The fourth-order valence-electron chi connectivity index (χ4n) is 5.64. The molecule has 1 amide bonds. The maximum atomic E-state index is 12.6. The number of unbranched alkanes of at least 4 members (excludes halogenated alkanes) is 1. The molecule has 0 aromatic heterocycles. The lowest BCUT2D eigenvalue weighted by Crippen LogP contribution is -2.14. The molecule has 0 atom stereocenters. The summed E-state index contributed by atoms with van der Waals surface area (Å²) in [5.74, 6) is 0.193. The zero-order valence-electron chi connectivity index (χ0n) is 29.0. The van der Waals surface area contributed by atoms with Crippen LogP contribution in [0.15, 0.2) is 121 Å². The molecule has 4 heteroatoms. The van der Waals surface area contributed by atoms with E-state index in [1.807, 2.05) is 56.3 Å². The lowest BCUT2D eigenvalue weighted by atomic mass is 9.98. The second-order valence-electron chi connectivity index (χ2n) is 12.3. The molecule has 0 fully saturated rings. The van der Waals surface area contributed by atoms with Crippen LogP contribution in [0.2, 0.25) is 0 Å². The van der Waals surface area contributed by atoms with Gasteiger partial charge in [-0.2, -0.15) is 0 Å². The van der Waals surface area contributed by atoms with E-state index in [0.717, 1.165) is 78.7 Å². The van der Waals surface area contributed by atoms with Crippen LogP contribution in [0.3, 0.4) is 0 Å². The number of benzene rings is 5. The van der Waals surface area contributed by atoms with Gasteiger partial charge in [0.25, 0.3) is 5.91 Å². The van der Waals surface area contributed by atoms with Gasteiger partial charge in [-0.25, -0.2) is 0 Å². The minimum atomic E-state index is -0.0543. The van der Waals surface area contributed by atoms with Gasteiger partial charge in [0.05, 0.1) is 0 Å². The van der Waals surface area contributed by atoms with Crippen molar-refractivity contribution in [3.8, 4) is 0 Å². The molecule has 0 heterocycles. The summed E-state index contributed by atoms with van der Waals surface area (Å²) in [6.07, 6.45) is 6.61. The third kappa shape index (κ3) is 11.1.